The quantitative estimate of drug-likeness (QED) is 0.0447. The molecule has 14 N–H and O–H groups in total. The number of aliphatic imine (C=N–C) groups is 1. The number of nitrogens with zero attached hydrogens (tertiary/aromatic N) is 1. The number of para-hydroxylation sites is 1. The Hall–Kier alpha value is -5.64. The number of phenols is 1. The van der Waals surface area contributed by atoms with Crippen LogP contribution >= 0.6 is 0 Å². The van der Waals surface area contributed by atoms with Crippen LogP contribution < -0.4 is 38.9 Å². The molecule has 0 aliphatic carbocycles. The van der Waals surface area contributed by atoms with Gasteiger partial charge in [-0.05, 0) is 55.0 Å². The Kier molecular flexibility index (Phi) is 13.1. The van der Waals surface area contributed by atoms with E-state index in [2.05, 4.69) is 25.9 Å². The summed E-state index contributed by atoms with van der Waals surface area (Å²) in [6.45, 7) is 0.113. The van der Waals surface area contributed by atoms with Gasteiger partial charge in [0.15, 0.2) is 5.96 Å². The van der Waals surface area contributed by atoms with E-state index in [9.17, 15) is 34.2 Å². The number of aromatic nitrogens is 1. The number of carboxylic acid groups (broad SMARTS) is 1. The van der Waals surface area contributed by atoms with Gasteiger partial charge in [0.2, 0.25) is 23.6 Å². The number of rotatable bonds is 18. The number of primary amides is 1. The summed E-state index contributed by atoms with van der Waals surface area (Å²) in [5.74, 6) is -4.53. The van der Waals surface area contributed by atoms with Crippen LogP contribution in [-0.2, 0) is 36.8 Å². The van der Waals surface area contributed by atoms with Crippen molar-refractivity contribution in [2.45, 2.75) is 62.7 Å². The molecular weight excluding hydrogens is 610 g/mol. The number of hydrogen-bond donors (Lipinski definition) is 10. The number of phenolic OH excluding ortho intramolecular Hbond substituents is 1. The Labute approximate surface area is 270 Å². The van der Waals surface area contributed by atoms with Crippen LogP contribution in [0.15, 0.2) is 59.7 Å². The van der Waals surface area contributed by atoms with Gasteiger partial charge in [-0.1, -0.05) is 30.3 Å². The highest BCUT2D eigenvalue weighted by Gasteiger charge is 2.30. The predicted octanol–water partition coefficient (Wildman–Crippen LogP) is -1.16. The lowest BCUT2D eigenvalue weighted by Gasteiger charge is -2.25. The molecule has 3 rings (SSSR count). The largest absolute Gasteiger partial charge is 0.508 e. The molecule has 0 saturated heterocycles. The molecule has 4 unspecified atom stereocenters. The molecule has 0 aliphatic heterocycles. The number of carbonyl (C=O) groups excluding carboxylic acids is 4. The van der Waals surface area contributed by atoms with E-state index in [-0.39, 0.29) is 56.8 Å². The van der Waals surface area contributed by atoms with Gasteiger partial charge in [-0.3, -0.25) is 24.2 Å². The number of hydrogen-bond acceptors (Lipinski definition) is 8. The van der Waals surface area contributed by atoms with E-state index < -0.39 is 53.8 Å². The summed E-state index contributed by atoms with van der Waals surface area (Å²) in [7, 11) is 0. The molecule has 3 aromatic rings. The van der Waals surface area contributed by atoms with Gasteiger partial charge in [-0.2, -0.15) is 0 Å². The summed E-state index contributed by atoms with van der Waals surface area (Å²) in [4.78, 5) is 70.6. The molecule has 47 heavy (non-hydrogen) atoms. The normalized spacial score (nSPS) is 13.5. The topological polar surface area (TPSA) is 294 Å². The zero-order valence-electron chi connectivity index (χ0n) is 25.6. The van der Waals surface area contributed by atoms with Crippen LogP contribution in [0.4, 0.5) is 0 Å². The first-order valence-corrected chi connectivity index (χ1v) is 14.9. The number of aliphatic carboxylic acids is 1. The van der Waals surface area contributed by atoms with Crippen molar-refractivity contribution in [3.63, 3.8) is 0 Å². The SMILES string of the molecule is NC(=O)CCC(NC(=O)C(N)Cc1c[nH]c2ccccc12)C(=O)NC(CCCN=C(N)N)C(=O)NC(Cc1ccc(O)cc1)C(=O)O. The minimum absolute atomic E-state index is 0.00351. The van der Waals surface area contributed by atoms with Gasteiger partial charge in [0.25, 0.3) is 0 Å². The second kappa shape index (κ2) is 17.2. The van der Waals surface area contributed by atoms with Crippen LogP contribution in [0.25, 0.3) is 10.9 Å². The maximum atomic E-state index is 13.5. The molecule has 4 amide bonds. The lowest BCUT2D eigenvalue weighted by molar-refractivity contribution is -0.142. The average molecular weight is 652 g/mol. The molecule has 4 atom stereocenters. The van der Waals surface area contributed by atoms with Crippen molar-refractivity contribution in [2.75, 3.05) is 6.54 Å². The Balaban J connectivity index is 1.75. The lowest BCUT2D eigenvalue weighted by atomic mass is 10.0. The van der Waals surface area contributed by atoms with Crippen LogP contribution in [-0.4, -0.2) is 81.5 Å². The summed E-state index contributed by atoms with van der Waals surface area (Å²) >= 11 is 0. The molecule has 0 saturated carbocycles. The molecule has 0 spiro atoms. The molecule has 0 radical (unpaired) electrons. The van der Waals surface area contributed by atoms with E-state index in [1.807, 2.05) is 24.3 Å². The Morgan fingerprint density at radius 3 is 2.06 bits per heavy atom. The van der Waals surface area contributed by atoms with Gasteiger partial charge in [0.1, 0.15) is 23.9 Å². The van der Waals surface area contributed by atoms with Crippen molar-refractivity contribution in [3.05, 3.63) is 65.9 Å². The van der Waals surface area contributed by atoms with E-state index in [1.165, 1.54) is 24.3 Å². The summed E-state index contributed by atoms with van der Waals surface area (Å²) < 4.78 is 0. The molecule has 0 bridgehead atoms. The third-order valence-electron chi connectivity index (χ3n) is 7.33. The number of fused-ring (bicyclic) bond motifs is 1. The highest BCUT2D eigenvalue weighted by Crippen LogP contribution is 2.19. The number of carboxylic acids is 1. The third kappa shape index (κ3) is 11.3. The van der Waals surface area contributed by atoms with E-state index in [0.29, 0.717) is 5.56 Å². The Morgan fingerprint density at radius 1 is 0.809 bits per heavy atom. The summed E-state index contributed by atoms with van der Waals surface area (Å²) in [6.07, 6.45) is 1.55. The van der Waals surface area contributed by atoms with Gasteiger partial charge >= 0.3 is 5.97 Å². The van der Waals surface area contributed by atoms with Crippen molar-refractivity contribution in [1.82, 2.24) is 20.9 Å². The van der Waals surface area contributed by atoms with Crippen LogP contribution in [0.3, 0.4) is 0 Å². The molecule has 16 heteroatoms. The second-order valence-corrected chi connectivity index (χ2v) is 11.0. The number of aromatic hydroxyl groups is 1. The van der Waals surface area contributed by atoms with Gasteiger partial charge in [-0.15, -0.1) is 0 Å². The summed E-state index contributed by atoms with van der Waals surface area (Å²) in [5, 5.41) is 27.8. The first-order valence-electron chi connectivity index (χ1n) is 14.9. The van der Waals surface area contributed by atoms with Crippen molar-refractivity contribution in [1.29, 1.82) is 0 Å². The van der Waals surface area contributed by atoms with Crippen LogP contribution in [0.1, 0.15) is 36.8 Å². The molecule has 252 valence electrons. The van der Waals surface area contributed by atoms with E-state index in [1.54, 1.807) is 6.20 Å². The molecule has 0 fully saturated rings. The van der Waals surface area contributed by atoms with Crippen LogP contribution in [0, 0.1) is 0 Å². The number of carbonyl (C=O) groups is 5. The van der Waals surface area contributed by atoms with Gasteiger partial charge in [-0.25, -0.2) is 4.79 Å². The van der Waals surface area contributed by atoms with Crippen molar-refractivity contribution >= 4 is 46.5 Å². The fourth-order valence-electron chi connectivity index (χ4n) is 4.85. The fourth-order valence-corrected chi connectivity index (χ4v) is 4.85. The number of benzene rings is 2. The van der Waals surface area contributed by atoms with Crippen LogP contribution in [0.5, 0.6) is 5.75 Å². The first-order chi connectivity index (χ1) is 22.3. The molecule has 2 aromatic carbocycles. The highest BCUT2D eigenvalue weighted by molar-refractivity contribution is 5.94. The van der Waals surface area contributed by atoms with E-state index in [4.69, 9.17) is 22.9 Å². The Morgan fingerprint density at radius 2 is 1.43 bits per heavy atom. The number of amides is 4. The fraction of sp³-hybridized carbons (Fsp3) is 0.355. The highest BCUT2D eigenvalue weighted by atomic mass is 16.4. The third-order valence-corrected chi connectivity index (χ3v) is 7.33. The smallest absolute Gasteiger partial charge is 0.326 e. The second-order valence-electron chi connectivity index (χ2n) is 11.0. The maximum Gasteiger partial charge on any atom is 0.326 e. The van der Waals surface area contributed by atoms with E-state index >= 15 is 0 Å². The van der Waals surface area contributed by atoms with Crippen molar-refractivity contribution < 1.29 is 34.2 Å². The summed E-state index contributed by atoms with van der Waals surface area (Å²) in [6, 6.07) is 8.26. The first kappa shape index (κ1) is 35.8. The van der Waals surface area contributed by atoms with Gasteiger partial charge in [0, 0.05) is 36.5 Å². The molecule has 0 aliphatic rings. The lowest BCUT2D eigenvalue weighted by Crippen LogP contribution is -2.57. The van der Waals surface area contributed by atoms with Crippen molar-refractivity contribution in [3.8, 4) is 5.75 Å². The number of H-pyrrole nitrogens is 1. The molecular formula is C31H41N9O7. The minimum atomic E-state index is -1.38. The summed E-state index contributed by atoms with van der Waals surface area (Å²) in [5.41, 5.74) is 24.4. The molecule has 1 heterocycles. The molecule has 16 nitrogen and oxygen atoms in total. The maximum absolute atomic E-state index is 13.5. The molecule has 1 aromatic heterocycles. The number of guanidine groups is 1. The number of nitrogens with one attached hydrogen (secondary N) is 4. The zero-order valence-corrected chi connectivity index (χ0v) is 25.6. The zero-order chi connectivity index (χ0) is 34.5. The minimum Gasteiger partial charge on any atom is -0.508 e. The van der Waals surface area contributed by atoms with Gasteiger partial charge in [0.05, 0.1) is 6.04 Å². The monoisotopic (exact) mass is 651 g/mol. The Bertz CT molecular complexity index is 1590. The van der Waals surface area contributed by atoms with E-state index in [0.717, 1.165) is 16.5 Å². The van der Waals surface area contributed by atoms with Gasteiger partial charge < -0.3 is 54.1 Å². The van der Waals surface area contributed by atoms with Crippen LogP contribution in [0.2, 0.25) is 0 Å². The standard InChI is InChI=1S/C31H41N9O7/c32-21(15-18-16-37-22-5-2-1-4-20(18)22)27(43)38-24(11-12-26(33)42)29(45)39-23(6-3-13-36-31(34)35)28(44)40-25(30(46)47)14-17-7-9-19(41)10-8-17/h1-2,4-5,7-10,16,21,23-25,37,41H,3,6,11-15,32H2,(H2,33,42)(H,38,43)(H,39,45)(H,40,44)(H,46,47)(H4,34,35,36). The average Bonchev–Trinajstić information content (AvgIpc) is 3.43. The predicted molar refractivity (Wildman–Crippen MR) is 174 cm³/mol. The van der Waals surface area contributed by atoms with Crippen molar-refractivity contribution in [2.24, 2.45) is 27.9 Å². The number of nitrogens with two attached hydrogens (primary N) is 4. The number of aromatic amines is 1.